The van der Waals surface area contributed by atoms with E-state index in [4.69, 9.17) is 9.47 Å². The molecule has 0 aliphatic heterocycles. The van der Waals surface area contributed by atoms with Crippen LogP contribution in [-0.4, -0.2) is 51.0 Å². The molecule has 2 heterocycles. The summed E-state index contributed by atoms with van der Waals surface area (Å²) < 4.78 is 12.4. The third-order valence-electron chi connectivity index (χ3n) is 5.50. The first-order valence-corrected chi connectivity index (χ1v) is 12.1. The number of carbonyl (C=O) groups is 2. The molecule has 9 heteroatoms. The molecule has 0 saturated carbocycles. The third-order valence-corrected chi connectivity index (χ3v) is 6.43. The fourth-order valence-electron chi connectivity index (χ4n) is 3.86. The summed E-state index contributed by atoms with van der Waals surface area (Å²) in [6.07, 6.45) is 0. The SMILES string of the molecule is CCOC(=O)c1c(C)[nH]c(C(=O)CSc2nnc(-c3cccc(OC)c3)n2-c2ccccc2)c1C. The lowest BCUT2D eigenvalue weighted by Gasteiger charge is -2.11. The number of aryl methyl sites for hydroxylation is 1. The number of Topliss-reactive ketones (excluding diaryl/α,β-unsaturated/α-hetero) is 1. The average Bonchev–Trinajstić information content (AvgIpc) is 3.43. The van der Waals surface area contributed by atoms with Gasteiger partial charge in [-0.05, 0) is 50.6 Å². The summed E-state index contributed by atoms with van der Waals surface area (Å²) in [5.74, 6) is 0.895. The molecule has 2 aromatic heterocycles. The number of hydrogen-bond donors (Lipinski definition) is 1. The lowest BCUT2D eigenvalue weighted by atomic mass is 10.1. The van der Waals surface area contributed by atoms with Gasteiger partial charge in [-0.25, -0.2) is 4.79 Å². The number of H-pyrrole nitrogens is 1. The molecule has 0 amide bonds. The first-order valence-electron chi connectivity index (χ1n) is 11.1. The Balaban J connectivity index is 1.64. The van der Waals surface area contributed by atoms with Gasteiger partial charge >= 0.3 is 5.97 Å². The number of ketones is 1. The highest BCUT2D eigenvalue weighted by molar-refractivity contribution is 7.99. The molecule has 0 aliphatic rings. The van der Waals surface area contributed by atoms with Gasteiger partial charge < -0.3 is 14.5 Å². The summed E-state index contributed by atoms with van der Waals surface area (Å²) in [5.41, 5.74) is 3.73. The van der Waals surface area contributed by atoms with Crippen molar-refractivity contribution in [2.24, 2.45) is 0 Å². The number of nitrogens with one attached hydrogen (secondary N) is 1. The lowest BCUT2D eigenvalue weighted by Crippen LogP contribution is -2.09. The molecule has 35 heavy (non-hydrogen) atoms. The quantitative estimate of drug-likeness (QED) is 0.199. The van der Waals surface area contributed by atoms with Gasteiger partial charge in [-0.3, -0.25) is 9.36 Å². The number of benzene rings is 2. The molecule has 0 spiro atoms. The van der Waals surface area contributed by atoms with E-state index in [9.17, 15) is 9.59 Å². The number of carbonyl (C=O) groups excluding carboxylic acids is 2. The van der Waals surface area contributed by atoms with Gasteiger partial charge in [0.2, 0.25) is 0 Å². The van der Waals surface area contributed by atoms with Crippen LogP contribution >= 0.6 is 11.8 Å². The topological polar surface area (TPSA) is 99.1 Å². The van der Waals surface area contributed by atoms with Crippen LogP contribution in [0.2, 0.25) is 0 Å². The molecule has 2 aromatic carbocycles. The molecule has 0 fully saturated rings. The third kappa shape index (κ3) is 5.00. The highest BCUT2D eigenvalue weighted by Gasteiger charge is 2.24. The van der Waals surface area contributed by atoms with Gasteiger partial charge in [-0.2, -0.15) is 0 Å². The van der Waals surface area contributed by atoms with Crippen LogP contribution in [0.3, 0.4) is 0 Å². The number of thioether (sulfide) groups is 1. The van der Waals surface area contributed by atoms with Crippen LogP contribution in [0.25, 0.3) is 17.1 Å². The second-order valence-electron chi connectivity index (χ2n) is 7.77. The zero-order valence-corrected chi connectivity index (χ0v) is 20.8. The Hall–Kier alpha value is -3.85. The average molecular weight is 491 g/mol. The van der Waals surface area contributed by atoms with Crippen LogP contribution in [0.4, 0.5) is 0 Å². The maximum absolute atomic E-state index is 13.1. The van der Waals surface area contributed by atoms with Crippen molar-refractivity contribution in [3.8, 4) is 22.8 Å². The summed E-state index contributed by atoms with van der Waals surface area (Å²) >= 11 is 1.29. The summed E-state index contributed by atoms with van der Waals surface area (Å²) in [7, 11) is 1.62. The van der Waals surface area contributed by atoms with Crippen LogP contribution in [0.1, 0.15) is 39.0 Å². The van der Waals surface area contributed by atoms with E-state index < -0.39 is 5.97 Å². The second-order valence-corrected chi connectivity index (χ2v) is 8.71. The number of rotatable bonds is 9. The Kier molecular flexibility index (Phi) is 7.36. The van der Waals surface area contributed by atoms with E-state index in [1.165, 1.54) is 11.8 Å². The van der Waals surface area contributed by atoms with E-state index in [0.717, 1.165) is 11.3 Å². The maximum Gasteiger partial charge on any atom is 0.340 e. The van der Waals surface area contributed by atoms with Gasteiger partial charge in [0.05, 0.1) is 30.7 Å². The fourth-order valence-corrected chi connectivity index (χ4v) is 4.69. The van der Waals surface area contributed by atoms with Crippen molar-refractivity contribution in [3.63, 3.8) is 0 Å². The predicted molar refractivity (Wildman–Crippen MR) is 135 cm³/mol. The first-order chi connectivity index (χ1) is 16.9. The summed E-state index contributed by atoms with van der Waals surface area (Å²) in [6, 6.07) is 17.3. The van der Waals surface area contributed by atoms with Gasteiger partial charge in [0.25, 0.3) is 0 Å². The van der Waals surface area contributed by atoms with Crippen LogP contribution in [-0.2, 0) is 4.74 Å². The van der Waals surface area contributed by atoms with Crippen LogP contribution in [0.15, 0.2) is 59.8 Å². The van der Waals surface area contributed by atoms with Gasteiger partial charge in [-0.15, -0.1) is 10.2 Å². The van der Waals surface area contributed by atoms with Crippen molar-refractivity contribution in [2.75, 3.05) is 19.5 Å². The molecular weight excluding hydrogens is 464 g/mol. The van der Waals surface area contributed by atoms with E-state index in [2.05, 4.69) is 15.2 Å². The highest BCUT2D eigenvalue weighted by atomic mass is 32.2. The van der Waals surface area contributed by atoms with Crippen LogP contribution in [0, 0.1) is 13.8 Å². The Morgan fingerprint density at radius 2 is 1.83 bits per heavy atom. The van der Waals surface area contributed by atoms with Crippen molar-refractivity contribution in [1.82, 2.24) is 19.7 Å². The Morgan fingerprint density at radius 1 is 1.06 bits per heavy atom. The minimum atomic E-state index is -0.433. The summed E-state index contributed by atoms with van der Waals surface area (Å²) in [6.45, 7) is 5.53. The molecule has 0 atom stereocenters. The fraction of sp³-hybridized carbons (Fsp3) is 0.231. The lowest BCUT2D eigenvalue weighted by molar-refractivity contribution is 0.0525. The van der Waals surface area contributed by atoms with E-state index in [1.807, 2.05) is 59.2 Å². The van der Waals surface area contributed by atoms with Crippen molar-refractivity contribution >= 4 is 23.5 Å². The smallest absolute Gasteiger partial charge is 0.340 e. The van der Waals surface area contributed by atoms with Crippen molar-refractivity contribution < 1.29 is 19.1 Å². The molecule has 0 saturated heterocycles. The summed E-state index contributed by atoms with van der Waals surface area (Å²) in [4.78, 5) is 28.5. The summed E-state index contributed by atoms with van der Waals surface area (Å²) in [5, 5.41) is 9.39. The zero-order valence-electron chi connectivity index (χ0n) is 20.0. The second kappa shape index (κ2) is 10.6. The zero-order chi connectivity index (χ0) is 24.9. The minimum Gasteiger partial charge on any atom is -0.497 e. The molecule has 180 valence electrons. The van der Waals surface area contributed by atoms with Crippen molar-refractivity contribution in [3.05, 3.63) is 77.1 Å². The van der Waals surface area contributed by atoms with Gasteiger partial charge in [0, 0.05) is 16.9 Å². The number of methoxy groups -OCH3 is 1. The Morgan fingerprint density at radius 3 is 2.54 bits per heavy atom. The molecule has 0 unspecified atom stereocenters. The van der Waals surface area contributed by atoms with Crippen molar-refractivity contribution in [2.45, 2.75) is 25.9 Å². The largest absolute Gasteiger partial charge is 0.497 e. The molecule has 4 aromatic rings. The number of nitrogens with zero attached hydrogens (tertiary/aromatic N) is 3. The normalized spacial score (nSPS) is 10.9. The predicted octanol–water partition coefficient (Wildman–Crippen LogP) is 5.04. The number of para-hydroxylation sites is 1. The first kappa shape index (κ1) is 24.3. The highest BCUT2D eigenvalue weighted by Crippen LogP contribution is 2.30. The molecule has 1 N–H and O–H groups in total. The van der Waals surface area contributed by atoms with E-state index >= 15 is 0 Å². The number of esters is 1. The molecule has 4 rings (SSSR count). The van der Waals surface area contributed by atoms with E-state index in [0.29, 0.717) is 39.2 Å². The molecule has 0 aliphatic carbocycles. The Bertz CT molecular complexity index is 1360. The monoisotopic (exact) mass is 490 g/mol. The maximum atomic E-state index is 13.1. The van der Waals surface area contributed by atoms with E-state index in [-0.39, 0.29) is 18.1 Å². The van der Waals surface area contributed by atoms with Gasteiger partial charge in [0.1, 0.15) is 5.75 Å². The molecule has 8 nitrogen and oxygen atoms in total. The molecular formula is C26H26N4O4S. The molecule has 0 bridgehead atoms. The van der Waals surface area contributed by atoms with E-state index in [1.54, 1.807) is 27.9 Å². The Labute approximate surface area is 207 Å². The minimum absolute atomic E-state index is 0.117. The van der Waals surface area contributed by atoms with Gasteiger partial charge in [0.15, 0.2) is 16.8 Å². The molecule has 0 radical (unpaired) electrons. The number of aromatic nitrogens is 4. The number of hydrogen-bond acceptors (Lipinski definition) is 7. The van der Waals surface area contributed by atoms with Gasteiger partial charge in [-0.1, -0.05) is 42.1 Å². The number of aromatic amines is 1. The van der Waals surface area contributed by atoms with Crippen LogP contribution in [0.5, 0.6) is 5.75 Å². The van der Waals surface area contributed by atoms with Crippen molar-refractivity contribution in [1.29, 1.82) is 0 Å². The van der Waals surface area contributed by atoms with Crippen LogP contribution < -0.4 is 4.74 Å². The number of ether oxygens (including phenoxy) is 2. The standard InChI is InChI=1S/C26H26N4O4S/c1-5-34-25(32)22-16(2)23(27-17(22)3)21(31)15-35-26-29-28-24(18-10-9-13-20(14-18)33-4)30(26)19-11-7-6-8-12-19/h6-14,27H,5,15H2,1-4H3.